The van der Waals surface area contributed by atoms with E-state index < -0.39 is 23.7 Å². The maximum Gasteiger partial charge on any atom is 0.417 e. The van der Waals surface area contributed by atoms with Gasteiger partial charge in [0.25, 0.3) is 0 Å². The highest BCUT2D eigenvalue weighted by Gasteiger charge is 2.37. The number of halogens is 3. The van der Waals surface area contributed by atoms with Crippen molar-refractivity contribution in [1.29, 1.82) is 0 Å². The average molecular weight is 399 g/mol. The van der Waals surface area contributed by atoms with Gasteiger partial charge in [0.15, 0.2) is 0 Å². The second-order valence-corrected chi connectivity index (χ2v) is 7.38. The molecule has 0 aliphatic carbocycles. The minimum absolute atomic E-state index is 0.0723. The second kappa shape index (κ2) is 7.94. The Morgan fingerprint density at radius 1 is 1.14 bits per heavy atom. The Labute approximate surface area is 161 Å². The van der Waals surface area contributed by atoms with Gasteiger partial charge >= 0.3 is 6.18 Å². The zero-order valence-electron chi connectivity index (χ0n) is 15.7. The molecular formula is C18H24F3N5O2. The summed E-state index contributed by atoms with van der Waals surface area (Å²) in [4.78, 5) is 34.0. The summed E-state index contributed by atoms with van der Waals surface area (Å²) in [7, 11) is 1.88. The number of alkyl halides is 3. The van der Waals surface area contributed by atoms with Crippen molar-refractivity contribution in [2.45, 2.75) is 25.1 Å². The standard InChI is InChI=1S/C18H24F3N5O2/c1-24-8-9-26(14(11-24)16(22)27)17(28)12-4-6-25(7-5-12)15-3-2-13(10-23-15)18(19,20)21/h2-3,10,12,14H,4-9,11H2,1H3,(H2,22,27). The molecule has 1 atom stereocenters. The van der Waals surface area contributed by atoms with Crippen LogP contribution in [-0.2, 0) is 15.8 Å². The third-order valence-corrected chi connectivity index (χ3v) is 5.44. The van der Waals surface area contributed by atoms with Gasteiger partial charge in [0.1, 0.15) is 11.9 Å². The number of primary amides is 1. The van der Waals surface area contributed by atoms with Gasteiger partial charge in [-0.15, -0.1) is 0 Å². The maximum atomic E-state index is 12.9. The van der Waals surface area contributed by atoms with Crippen LogP contribution in [0.25, 0.3) is 0 Å². The summed E-state index contributed by atoms with van der Waals surface area (Å²) in [5.74, 6) is -0.340. The normalized spacial score (nSPS) is 22.4. The van der Waals surface area contributed by atoms with Gasteiger partial charge in [-0.2, -0.15) is 13.2 Å². The van der Waals surface area contributed by atoms with Gasteiger partial charge in [-0.1, -0.05) is 0 Å². The molecule has 2 amide bonds. The second-order valence-electron chi connectivity index (χ2n) is 7.38. The van der Waals surface area contributed by atoms with Gasteiger partial charge in [-0.3, -0.25) is 9.59 Å². The highest BCUT2D eigenvalue weighted by atomic mass is 19.4. The number of hydrogen-bond acceptors (Lipinski definition) is 5. The van der Waals surface area contributed by atoms with E-state index in [9.17, 15) is 22.8 Å². The van der Waals surface area contributed by atoms with Crippen molar-refractivity contribution in [3.05, 3.63) is 23.9 Å². The van der Waals surface area contributed by atoms with Gasteiger partial charge in [-0.05, 0) is 32.0 Å². The van der Waals surface area contributed by atoms with Crippen molar-refractivity contribution >= 4 is 17.6 Å². The summed E-state index contributed by atoms with van der Waals surface area (Å²) in [5.41, 5.74) is 4.69. The Bertz CT molecular complexity index is 717. The molecule has 1 aromatic rings. The predicted octanol–water partition coefficient (Wildman–Crippen LogP) is 0.945. The van der Waals surface area contributed by atoms with Gasteiger partial charge in [0, 0.05) is 44.8 Å². The molecular weight excluding hydrogens is 375 g/mol. The van der Waals surface area contributed by atoms with Crippen LogP contribution in [0, 0.1) is 5.92 Å². The summed E-state index contributed by atoms with van der Waals surface area (Å²) in [5, 5.41) is 0. The van der Waals surface area contributed by atoms with Crippen LogP contribution in [0.5, 0.6) is 0 Å². The molecule has 2 N–H and O–H groups in total. The van der Waals surface area contributed by atoms with Crippen LogP contribution in [0.2, 0.25) is 0 Å². The number of carbonyl (C=O) groups is 2. The molecule has 2 aliphatic rings. The average Bonchev–Trinajstić information content (AvgIpc) is 2.67. The third kappa shape index (κ3) is 4.37. The van der Waals surface area contributed by atoms with E-state index in [1.807, 2.05) is 16.8 Å². The van der Waals surface area contributed by atoms with E-state index >= 15 is 0 Å². The van der Waals surface area contributed by atoms with E-state index in [1.54, 1.807) is 4.90 Å². The van der Waals surface area contributed by atoms with Crippen molar-refractivity contribution in [3.63, 3.8) is 0 Å². The Balaban J connectivity index is 1.60. The SMILES string of the molecule is CN1CCN(C(=O)C2CCN(c3ccc(C(F)(F)F)cn3)CC2)C(C(N)=O)C1. The Morgan fingerprint density at radius 3 is 2.36 bits per heavy atom. The zero-order valence-corrected chi connectivity index (χ0v) is 15.7. The molecule has 0 aromatic carbocycles. The number of nitrogens with two attached hydrogens (primary N) is 1. The number of aromatic nitrogens is 1. The first-order valence-corrected chi connectivity index (χ1v) is 9.23. The zero-order chi connectivity index (χ0) is 20.5. The number of piperazine rings is 1. The van der Waals surface area contributed by atoms with Gasteiger partial charge in [0.2, 0.25) is 11.8 Å². The molecule has 3 rings (SSSR count). The van der Waals surface area contributed by atoms with E-state index in [1.165, 1.54) is 6.07 Å². The molecule has 0 spiro atoms. The first-order chi connectivity index (χ1) is 13.2. The summed E-state index contributed by atoms with van der Waals surface area (Å²) in [6.45, 7) is 2.61. The number of piperidine rings is 1. The lowest BCUT2D eigenvalue weighted by molar-refractivity contribution is -0.146. The molecule has 3 heterocycles. The summed E-state index contributed by atoms with van der Waals surface area (Å²) in [6, 6.07) is 1.75. The van der Waals surface area contributed by atoms with E-state index in [0.29, 0.717) is 51.4 Å². The summed E-state index contributed by atoms with van der Waals surface area (Å²) in [6.07, 6.45) is -2.47. The van der Waals surface area contributed by atoms with E-state index in [4.69, 9.17) is 5.73 Å². The fraction of sp³-hybridized carbons (Fsp3) is 0.611. The number of anilines is 1. The number of hydrogen-bond donors (Lipinski definition) is 1. The van der Waals surface area contributed by atoms with Gasteiger partial charge < -0.3 is 20.4 Å². The maximum absolute atomic E-state index is 12.9. The minimum atomic E-state index is -4.41. The molecule has 1 unspecified atom stereocenters. The lowest BCUT2D eigenvalue weighted by atomic mass is 9.94. The quantitative estimate of drug-likeness (QED) is 0.818. The largest absolute Gasteiger partial charge is 0.417 e. The van der Waals surface area contributed by atoms with E-state index in [0.717, 1.165) is 12.3 Å². The minimum Gasteiger partial charge on any atom is -0.368 e. The predicted molar refractivity (Wildman–Crippen MR) is 96.4 cm³/mol. The molecule has 0 bridgehead atoms. The summed E-state index contributed by atoms with van der Waals surface area (Å²) < 4.78 is 38.0. The van der Waals surface area contributed by atoms with Crippen molar-refractivity contribution in [2.75, 3.05) is 44.7 Å². The first-order valence-electron chi connectivity index (χ1n) is 9.23. The topological polar surface area (TPSA) is 82.8 Å². The third-order valence-electron chi connectivity index (χ3n) is 5.44. The molecule has 2 saturated heterocycles. The molecule has 28 heavy (non-hydrogen) atoms. The monoisotopic (exact) mass is 399 g/mol. The molecule has 7 nitrogen and oxygen atoms in total. The number of carbonyl (C=O) groups excluding carboxylic acids is 2. The number of amides is 2. The summed E-state index contributed by atoms with van der Waals surface area (Å²) >= 11 is 0. The van der Waals surface area contributed by atoms with Crippen molar-refractivity contribution in [2.24, 2.45) is 11.7 Å². The Hall–Kier alpha value is -2.36. The Kier molecular flexibility index (Phi) is 5.78. The van der Waals surface area contributed by atoms with Crippen molar-refractivity contribution in [3.8, 4) is 0 Å². The van der Waals surface area contributed by atoms with Crippen LogP contribution in [0.3, 0.4) is 0 Å². The fourth-order valence-corrected chi connectivity index (χ4v) is 3.76. The molecule has 2 fully saturated rings. The van der Waals surface area contributed by atoms with Crippen LogP contribution in [-0.4, -0.2) is 72.4 Å². The molecule has 2 aliphatic heterocycles. The first kappa shape index (κ1) is 20.4. The van der Waals surface area contributed by atoms with Crippen LogP contribution in [0.15, 0.2) is 18.3 Å². The highest BCUT2D eigenvalue weighted by Crippen LogP contribution is 2.30. The molecule has 154 valence electrons. The van der Waals surface area contributed by atoms with Gasteiger partial charge in [0.05, 0.1) is 5.56 Å². The van der Waals surface area contributed by atoms with Crippen molar-refractivity contribution in [1.82, 2.24) is 14.8 Å². The highest BCUT2D eigenvalue weighted by molar-refractivity contribution is 5.88. The van der Waals surface area contributed by atoms with Crippen LogP contribution < -0.4 is 10.6 Å². The molecule has 1 aromatic heterocycles. The number of pyridine rings is 1. The number of rotatable bonds is 3. The van der Waals surface area contributed by atoms with Gasteiger partial charge in [-0.25, -0.2) is 4.98 Å². The number of likely N-dealkylation sites (N-methyl/N-ethyl adjacent to an activating group) is 1. The lowest BCUT2D eigenvalue weighted by Gasteiger charge is -2.41. The smallest absolute Gasteiger partial charge is 0.368 e. The molecule has 10 heteroatoms. The fourth-order valence-electron chi connectivity index (χ4n) is 3.76. The lowest BCUT2D eigenvalue weighted by Crippen LogP contribution is -2.60. The van der Waals surface area contributed by atoms with Crippen LogP contribution in [0.4, 0.5) is 19.0 Å². The molecule has 0 radical (unpaired) electrons. The van der Waals surface area contributed by atoms with Crippen molar-refractivity contribution < 1.29 is 22.8 Å². The van der Waals surface area contributed by atoms with Crippen LogP contribution in [0.1, 0.15) is 18.4 Å². The number of nitrogens with zero attached hydrogens (tertiary/aromatic N) is 4. The molecule has 0 saturated carbocycles. The van der Waals surface area contributed by atoms with E-state index in [2.05, 4.69) is 4.98 Å². The van der Waals surface area contributed by atoms with Crippen LogP contribution >= 0.6 is 0 Å². The Morgan fingerprint density at radius 2 is 1.82 bits per heavy atom. The van der Waals surface area contributed by atoms with E-state index in [-0.39, 0.29) is 11.8 Å².